The fourth-order valence-electron chi connectivity index (χ4n) is 3.95. The molecule has 1 saturated heterocycles. The Morgan fingerprint density at radius 3 is 2.86 bits per heavy atom. The van der Waals surface area contributed by atoms with E-state index in [2.05, 4.69) is 16.3 Å². The van der Waals surface area contributed by atoms with Gasteiger partial charge in [-0.15, -0.1) is 0 Å². The summed E-state index contributed by atoms with van der Waals surface area (Å²) in [6.45, 7) is 3.80. The highest BCUT2D eigenvalue weighted by atomic mass is 16.6. The van der Waals surface area contributed by atoms with E-state index in [9.17, 15) is 10.1 Å². The highest BCUT2D eigenvalue weighted by molar-refractivity contribution is 5.65. The average molecular weight is 289 g/mol. The Bertz CT molecular complexity index is 532. The number of non-ortho nitro benzene ring substituents is 1. The van der Waals surface area contributed by atoms with Crippen LogP contribution in [-0.4, -0.2) is 24.1 Å². The van der Waals surface area contributed by atoms with E-state index in [-0.39, 0.29) is 10.6 Å². The molecule has 1 saturated carbocycles. The maximum atomic E-state index is 11.2. The molecule has 5 nitrogen and oxygen atoms in total. The van der Waals surface area contributed by atoms with Gasteiger partial charge in [-0.3, -0.25) is 10.1 Å². The molecule has 3 rings (SSSR count). The maximum absolute atomic E-state index is 11.2. The van der Waals surface area contributed by atoms with Crippen molar-refractivity contribution in [3.8, 4) is 0 Å². The van der Waals surface area contributed by atoms with E-state index in [1.165, 1.54) is 32.1 Å². The molecule has 0 spiro atoms. The largest absolute Gasteiger partial charge is 0.385 e. The van der Waals surface area contributed by atoms with Crippen molar-refractivity contribution >= 4 is 17.1 Å². The van der Waals surface area contributed by atoms with E-state index in [1.807, 2.05) is 6.92 Å². The number of nitro groups is 1. The SMILES string of the molecule is CCNc1cc(N2CCCC3CCCC32)cc([N+](=O)[O-])c1. The quantitative estimate of drug-likeness (QED) is 0.676. The molecule has 1 heterocycles. The van der Waals surface area contributed by atoms with Gasteiger partial charge < -0.3 is 10.2 Å². The van der Waals surface area contributed by atoms with Gasteiger partial charge in [0.15, 0.2) is 0 Å². The molecular weight excluding hydrogens is 266 g/mol. The van der Waals surface area contributed by atoms with Crippen LogP contribution >= 0.6 is 0 Å². The first-order valence-electron chi connectivity index (χ1n) is 7.99. The van der Waals surface area contributed by atoms with Crippen LogP contribution in [0.4, 0.5) is 17.1 Å². The summed E-state index contributed by atoms with van der Waals surface area (Å²) in [5, 5.41) is 14.4. The minimum atomic E-state index is -0.291. The Balaban J connectivity index is 1.94. The van der Waals surface area contributed by atoms with Crippen molar-refractivity contribution < 1.29 is 4.92 Å². The third kappa shape index (κ3) is 2.82. The van der Waals surface area contributed by atoms with Gasteiger partial charge in [0, 0.05) is 42.6 Å². The molecule has 0 bridgehead atoms. The molecule has 2 atom stereocenters. The molecule has 1 aliphatic carbocycles. The van der Waals surface area contributed by atoms with E-state index >= 15 is 0 Å². The summed E-state index contributed by atoms with van der Waals surface area (Å²) in [7, 11) is 0. The van der Waals surface area contributed by atoms with Crippen LogP contribution < -0.4 is 10.2 Å². The molecule has 1 aliphatic heterocycles. The number of anilines is 2. The number of fused-ring (bicyclic) bond motifs is 1. The number of nitrogens with zero attached hydrogens (tertiary/aromatic N) is 2. The number of benzene rings is 1. The third-order valence-electron chi connectivity index (χ3n) is 4.82. The Morgan fingerprint density at radius 1 is 1.29 bits per heavy atom. The second-order valence-electron chi connectivity index (χ2n) is 6.12. The molecule has 0 amide bonds. The summed E-state index contributed by atoms with van der Waals surface area (Å²) in [5.74, 6) is 0.778. The molecule has 1 N–H and O–H groups in total. The summed E-state index contributed by atoms with van der Waals surface area (Å²) in [6, 6.07) is 6.01. The number of hydrogen-bond acceptors (Lipinski definition) is 4. The van der Waals surface area contributed by atoms with Gasteiger partial charge in [0.1, 0.15) is 0 Å². The normalized spacial score (nSPS) is 24.7. The second-order valence-corrected chi connectivity index (χ2v) is 6.12. The van der Waals surface area contributed by atoms with E-state index in [0.29, 0.717) is 6.04 Å². The first-order valence-corrected chi connectivity index (χ1v) is 7.99. The van der Waals surface area contributed by atoms with Crippen LogP contribution in [-0.2, 0) is 0 Å². The van der Waals surface area contributed by atoms with E-state index < -0.39 is 0 Å². The van der Waals surface area contributed by atoms with Gasteiger partial charge in [0.05, 0.1) is 4.92 Å². The van der Waals surface area contributed by atoms with Gasteiger partial charge in [-0.25, -0.2) is 0 Å². The van der Waals surface area contributed by atoms with Gasteiger partial charge in [-0.05, 0) is 44.6 Å². The molecule has 0 radical (unpaired) electrons. The summed E-state index contributed by atoms with van der Waals surface area (Å²) >= 11 is 0. The molecule has 2 unspecified atom stereocenters. The number of hydrogen-bond donors (Lipinski definition) is 1. The minimum Gasteiger partial charge on any atom is -0.385 e. The average Bonchev–Trinajstić information content (AvgIpc) is 2.95. The summed E-state index contributed by atoms with van der Waals surface area (Å²) < 4.78 is 0. The van der Waals surface area contributed by atoms with Crippen LogP contribution in [0, 0.1) is 16.0 Å². The van der Waals surface area contributed by atoms with Crippen LogP contribution in [0.15, 0.2) is 18.2 Å². The van der Waals surface area contributed by atoms with Crippen molar-refractivity contribution in [2.75, 3.05) is 23.3 Å². The number of piperidine rings is 1. The van der Waals surface area contributed by atoms with E-state index in [0.717, 1.165) is 30.4 Å². The van der Waals surface area contributed by atoms with Crippen LogP contribution in [0.5, 0.6) is 0 Å². The van der Waals surface area contributed by atoms with Crippen molar-refractivity contribution in [1.29, 1.82) is 0 Å². The number of rotatable bonds is 4. The highest BCUT2D eigenvalue weighted by Gasteiger charge is 2.35. The van der Waals surface area contributed by atoms with Gasteiger partial charge in [0.2, 0.25) is 0 Å². The van der Waals surface area contributed by atoms with Crippen LogP contribution in [0.2, 0.25) is 0 Å². The maximum Gasteiger partial charge on any atom is 0.273 e. The molecule has 114 valence electrons. The first kappa shape index (κ1) is 14.2. The fourth-order valence-corrected chi connectivity index (χ4v) is 3.95. The number of nitro benzene ring substituents is 1. The third-order valence-corrected chi connectivity index (χ3v) is 4.82. The topological polar surface area (TPSA) is 58.4 Å². The Kier molecular flexibility index (Phi) is 3.99. The van der Waals surface area contributed by atoms with Crippen molar-refractivity contribution in [3.05, 3.63) is 28.3 Å². The fraction of sp³-hybridized carbons (Fsp3) is 0.625. The van der Waals surface area contributed by atoms with E-state index in [1.54, 1.807) is 12.1 Å². The lowest BCUT2D eigenvalue weighted by atomic mass is 9.91. The zero-order valence-electron chi connectivity index (χ0n) is 12.5. The Labute approximate surface area is 125 Å². The van der Waals surface area contributed by atoms with Crippen LogP contribution in [0.1, 0.15) is 39.0 Å². The monoisotopic (exact) mass is 289 g/mol. The second kappa shape index (κ2) is 5.92. The molecule has 21 heavy (non-hydrogen) atoms. The predicted molar refractivity (Wildman–Crippen MR) is 85.0 cm³/mol. The molecule has 2 aliphatic rings. The number of nitrogens with one attached hydrogen (secondary N) is 1. The lowest BCUT2D eigenvalue weighted by Crippen LogP contribution is -2.42. The van der Waals surface area contributed by atoms with E-state index in [4.69, 9.17) is 0 Å². The van der Waals surface area contributed by atoms with Crippen molar-refractivity contribution in [2.24, 2.45) is 5.92 Å². The summed E-state index contributed by atoms with van der Waals surface area (Å²) in [5.41, 5.74) is 2.04. The summed E-state index contributed by atoms with van der Waals surface area (Å²) in [6.07, 6.45) is 6.34. The van der Waals surface area contributed by atoms with Crippen LogP contribution in [0.25, 0.3) is 0 Å². The minimum absolute atomic E-state index is 0.184. The predicted octanol–water partition coefficient (Wildman–Crippen LogP) is 3.80. The van der Waals surface area contributed by atoms with Gasteiger partial charge in [0.25, 0.3) is 5.69 Å². The molecule has 1 aromatic carbocycles. The van der Waals surface area contributed by atoms with Crippen molar-refractivity contribution in [2.45, 2.75) is 45.1 Å². The van der Waals surface area contributed by atoms with Crippen molar-refractivity contribution in [3.63, 3.8) is 0 Å². The zero-order chi connectivity index (χ0) is 14.8. The molecule has 5 heteroatoms. The molecule has 2 fully saturated rings. The van der Waals surface area contributed by atoms with Crippen molar-refractivity contribution in [1.82, 2.24) is 0 Å². The van der Waals surface area contributed by atoms with Crippen LogP contribution in [0.3, 0.4) is 0 Å². The molecular formula is C16H23N3O2. The summed E-state index contributed by atoms with van der Waals surface area (Å²) in [4.78, 5) is 13.3. The first-order chi connectivity index (χ1) is 10.2. The van der Waals surface area contributed by atoms with Gasteiger partial charge in [-0.1, -0.05) is 6.42 Å². The van der Waals surface area contributed by atoms with Gasteiger partial charge >= 0.3 is 0 Å². The Hall–Kier alpha value is -1.78. The van der Waals surface area contributed by atoms with Gasteiger partial charge in [-0.2, -0.15) is 0 Å². The lowest BCUT2D eigenvalue weighted by molar-refractivity contribution is -0.384. The smallest absolute Gasteiger partial charge is 0.273 e. The molecule has 0 aromatic heterocycles. The lowest BCUT2D eigenvalue weighted by Gasteiger charge is -2.39. The molecule has 1 aromatic rings. The Morgan fingerprint density at radius 2 is 2.10 bits per heavy atom. The standard InChI is InChI=1S/C16H23N3O2/c1-2-17-13-9-14(11-15(10-13)19(20)21)18-8-4-6-12-5-3-7-16(12)18/h9-12,16-17H,2-8H2,1H3. The zero-order valence-corrected chi connectivity index (χ0v) is 12.5. The highest BCUT2D eigenvalue weighted by Crippen LogP contribution is 2.40.